The van der Waals surface area contributed by atoms with Crippen molar-refractivity contribution >= 4 is 8.69 Å². The van der Waals surface area contributed by atoms with Crippen LogP contribution in [-0.4, -0.2) is 13.2 Å². The van der Waals surface area contributed by atoms with E-state index >= 15 is 0 Å². The monoisotopic (exact) mass is 149 g/mol. The molecule has 0 aliphatic rings. The second-order valence-electron chi connectivity index (χ2n) is 2.04. The van der Waals surface area contributed by atoms with E-state index in [9.17, 15) is 4.57 Å². The number of rotatable bonds is 5. The van der Waals surface area contributed by atoms with Gasteiger partial charge in [0.25, 0.3) is 0 Å². The first kappa shape index (κ1) is 9.02. The van der Waals surface area contributed by atoms with Gasteiger partial charge in [-0.1, -0.05) is 6.92 Å². The Hall–Kier alpha value is 0.0200. The summed E-state index contributed by atoms with van der Waals surface area (Å²) in [5, 5.41) is 0. The molecule has 0 aromatic carbocycles. The average Bonchev–Trinajstić information content (AvgIpc) is 1.89. The predicted octanol–water partition coefficient (Wildman–Crippen LogP) is 1.19. The van der Waals surface area contributed by atoms with Crippen molar-refractivity contribution in [3.8, 4) is 0 Å². The molecule has 1 atom stereocenters. The smallest absolute Gasteiger partial charge is 0.327 e. The molecule has 0 aromatic rings. The minimum absolute atomic E-state index is 0.234. The van der Waals surface area contributed by atoms with E-state index < -0.39 is 0 Å². The van der Waals surface area contributed by atoms with Crippen LogP contribution in [0.25, 0.3) is 0 Å². The van der Waals surface area contributed by atoms with Gasteiger partial charge in [-0.15, -0.1) is 0 Å². The summed E-state index contributed by atoms with van der Waals surface area (Å²) >= 11 is 0. The molecule has 4 heteroatoms. The maximum absolute atomic E-state index is 9.72. The van der Waals surface area contributed by atoms with Crippen molar-refractivity contribution in [2.45, 2.75) is 13.3 Å². The van der Waals surface area contributed by atoms with E-state index in [0.717, 1.165) is 6.42 Å². The Bertz CT molecular complexity index is 79.4. The Balaban J connectivity index is 2.96. The van der Waals surface area contributed by atoms with Crippen LogP contribution in [0.4, 0.5) is 0 Å². The highest BCUT2D eigenvalue weighted by atomic mass is 31.1. The number of hydrogen-bond donors (Lipinski definition) is 1. The Morgan fingerprint density at radius 1 is 1.78 bits per heavy atom. The summed E-state index contributed by atoms with van der Waals surface area (Å²) in [6.45, 7) is 3.23. The van der Waals surface area contributed by atoms with Gasteiger partial charge in [0.15, 0.2) is 0 Å². The van der Waals surface area contributed by atoms with Gasteiger partial charge >= 0.3 is 8.69 Å². The molecule has 0 saturated carbocycles. The van der Waals surface area contributed by atoms with Crippen molar-refractivity contribution in [3.05, 3.63) is 0 Å². The van der Waals surface area contributed by atoms with Crippen LogP contribution in [-0.2, 0) is 9.09 Å². The highest BCUT2D eigenvalue weighted by Crippen LogP contribution is 2.02. The first-order chi connectivity index (χ1) is 4.31. The molecule has 0 aliphatic heterocycles. The standard InChI is InChI=1S/C5H12NO2P/c1-5(4-6)2-3-8-9-7/h5H,2-4,6H2,1H3. The molecule has 0 saturated heterocycles. The zero-order valence-electron chi connectivity index (χ0n) is 5.54. The maximum Gasteiger partial charge on any atom is 0.327 e. The molecule has 0 aliphatic carbocycles. The fourth-order valence-corrected chi connectivity index (χ4v) is 0.589. The molecule has 0 amide bonds. The van der Waals surface area contributed by atoms with Crippen LogP contribution >= 0.6 is 8.69 Å². The van der Waals surface area contributed by atoms with E-state index in [1.54, 1.807) is 0 Å². The molecular weight excluding hydrogens is 137 g/mol. The molecule has 0 fully saturated rings. The largest absolute Gasteiger partial charge is 0.330 e. The molecule has 0 spiro atoms. The Kier molecular flexibility index (Phi) is 6.16. The highest BCUT2D eigenvalue weighted by molar-refractivity contribution is 7.17. The van der Waals surface area contributed by atoms with E-state index in [1.807, 2.05) is 6.92 Å². The topological polar surface area (TPSA) is 52.3 Å². The second-order valence-corrected chi connectivity index (χ2v) is 2.44. The van der Waals surface area contributed by atoms with E-state index in [0.29, 0.717) is 19.1 Å². The lowest BCUT2D eigenvalue weighted by molar-refractivity contribution is 0.307. The van der Waals surface area contributed by atoms with Crippen LogP contribution in [0.3, 0.4) is 0 Å². The first-order valence-corrected chi connectivity index (χ1v) is 3.69. The van der Waals surface area contributed by atoms with Crippen LogP contribution in [0, 0.1) is 5.92 Å². The van der Waals surface area contributed by atoms with Crippen LogP contribution in [0.2, 0.25) is 0 Å². The summed E-state index contributed by atoms with van der Waals surface area (Å²) < 4.78 is 14.3. The minimum Gasteiger partial charge on any atom is -0.330 e. The molecule has 1 unspecified atom stereocenters. The summed E-state index contributed by atoms with van der Waals surface area (Å²) in [5.41, 5.74) is 5.32. The van der Waals surface area contributed by atoms with Crippen molar-refractivity contribution in [2.24, 2.45) is 11.7 Å². The highest BCUT2D eigenvalue weighted by Gasteiger charge is 1.97. The zero-order chi connectivity index (χ0) is 7.11. The Morgan fingerprint density at radius 2 is 2.44 bits per heavy atom. The normalized spacial score (nSPS) is 14.0. The summed E-state index contributed by atoms with van der Waals surface area (Å²) in [7, 11) is -0.234. The molecular formula is C5H12NO2P. The van der Waals surface area contributed by atoms with Crippen molar-refractivity contribution in [1.82, 2.24) is 0 Å². The molecule has 54 valence electrons. The summed E-state index contributed by atoms with van der Waals surface area (Å²) in [6, 6.07) is 0. The molecule has 0 aromatic heterocycles. The first-order valence-electron chi connectivity index (χ1n) is 2.96. The Morgan fingerprint density at radius 3 is 2.89 bits per heavy atom. The van der Waals surface area contributed by atoms with Crippen molar-refractivity contribution in [3.63, 3.8) is 0 Å². The lowest BCUT2D eigenvalue weighted by atomic mass is 10.1. The maximum atomic E-state index is 9.72. The molecule has 9 heavy (non-hydrogen) atoms. The molecule has 2 N–H and O–H groups in total. The average molecular weight is 149 g/mol. The second kappa shape index (κ2) is 6.14. The van der Waals surface area contributed by atoms with Gasteiger partial charge in [0.2, 0.25) is 0 Å². The van der Waals surface area contributed by atoms with Gasteiger partial charge in [0.05, 0.1) is 6.61 Å². The fourth-order valence-electron chi connectivity index (χ4n) is 0.409. The predicted molar refractivity (Wildman–Crippen MR) is 36.4 cm³/mol. The van der Waals surface area contributed by atoms with Gasteiger partial charge < -0.3 is 5.73 Å². The molecule has 0 bridgehead atoms. The molecule has 0 rings (SSSR count). The number of hydrogen-bond acceptors (Lipinski definition) is 3. The van der Waals surface area contributed by atoms with Crippen LogP contribution in [0.5, 0.6) is 0 Å². The summed E-state index contributed by atoms with van der Waals surface area (Å²) in [5.74, 6) is 0.465. The van der Waals surface area contributed by atoms with E-state index in [1.165, 1.54) is 0 Å². The van der Waals surface area contributed by atoms with Crippen molar-refractivity contribution in [1.29, 1.82) is 0 Å². The number of nitrogens with two attached hydrogens (primary N) is 1. The van der Waals surface area contributed by atoms with E-state index in [4.69, 9.17) is 5.73 Å². The lowest BCUT2D eigenvalue weighted by Gasteiger charge is -2.03. The third kappa shape index (κ3) is 5.90. The van der Waals surface area contributed by atoms with Crippen LogP contribution < -0.4 is 5.73 Å². The third-order valence-corrected chi connectivity index (χ3v) is 1.44. The summed E-state index contributed by atoms with van der Waals surface area (Å²) in [4.78, 5) is 0. The van der Waals surface area contributed by atoms with Gasteiger partial charge in [-0.05, 0) is 18.9 Å². The lowest BCUT2D eigenvalue weighted by Crippen LogP contribution is -2.11. The quantitative estimate of drug-likeness (QED) is 0.472. The van der Waals surface area contributed by atoms with Gasteiger partial charge in [-0.25, -0.2) is 4.57 Å². The van der Waals surface area contributed by atoms with E-state index in [2.05, 4.69) is 4.52 Å². The zero-order valence-corrected chi connectivity index (χ0v) is 6.43. The van der Waals surface area contributed by atoms with Crippen LogP contribution in [0.1, 0.15) is 13.3 Å². The van der Waals surface area contributed by atoms with Gasteiger partial charge in [-0.3, -0.25) is 4.52 Å². The van der Waals surface area contributed by atoms with Crippen molar-refractivity contribution < 1.29 is 9.09 Å². The SMILES string of the molecule is CC(CN)CCOP=O. The molecule has 3 nitrogen and oxygen atoms in total. The van der Waals surface area contributed by atoms with Gasteiger partial charge in [0, 0.05) is 0 Å². The van der Waals surface area contributed by atoms with Gasteiger partial charge in [0.1, 0.15) is 0 Å². The minimum atomic E-state index is -0.234. The third-order valence-electron chi connectivity index (χ3n) is 1.16. The molecule has 0 heterocycles. The summed E-state index contributed by atoms with van der Waals surface area (Å²) in [6.07, 6.45) is 0.881. The molecule has 0 radical (unpaired) electrons. The fraction of sp³-hybridized carbons (Fsp3) is 1.00. The van der Waals surface area contributed by atoms with Gasteiger partial charge in [-0.2, -0.15) is 0 Å². The Labute approximate surface area is 56.9 Å². The van der Waals surface area contributed by atoms with Crippen molar-refractivity contribution in [2.75, 3.05) is 13.2 Å². The van der Waals surface area contributed by atoms with E-state index in [-0.39, 0.29) is 8.69 Å². The van der Waals surface area contributed by atoms with Crippen LogP contribution in [0.15, 0.2) is 0 Å².